The third kappa shape index (κ3) is 4.97. The van der Waals surface area contributed by atoms with Crippen LogP contribution in [-0.4, -0.2) is 10.2 Å². The van der Waals surface area contributed by atoms with Gasteiger partial charge in [-0.15, -0.1) is 10.2 Å². The monoisotopic (exact) mass is 438 g/mol. The van der Waals surface area contributed by atoms with Crippen LogP contribution < -0.4 is 4.74 Å². The van der Waals surface area contributed by atoms with Gasteiger partial charge in [-0.05, 0) is 59.3 Å². The maximum atomic E-state index is 5.63. The second kappa shape index (κ2) is 7.83. The topological polar surface area (TPSA) is 48.2 Å². The SMILES string of the molecule is Cc1ccc(OCc2nnc(SCc3ccc(I)cc3)o2)cc1. The minimum absolute atomic E-state index is 0.278. The number of thioether (sulfide) groups is 1. The first-order valence-electron chi connectivity index (χ1n) is 7.08. The summed E-state index contributed by atoms with van der Waals surface area (Å²) in [6, 6.07) is 16.3. The van der Waals surface area contributed by atoms with Crippen LogP contribution >= 0.6 is 34.4 Å². The van der Waals surface area contributed by atoms with Gasteiger partial charge in [-0.25, -0.2) is 0 Å². The van der Waals surface area contributed by atoms with Crippen molar-refractivity contribution in [1.82, 2.24) is 10.2 Å². The lowest BCUT2D eigenvalue weighted by molar-refractivity contribution is 0.252. The molecule has 0 unspecified atom stereocenters. The Morgan fingerprint density at radius 3 is 2.52 bits per heavy atom. The highest BCUT2D eigenvalue weighted by molar-refractivity contribution is 14.1. The average molecular weight is 438 g/mol. The maximum Gasteiger partial charge on any atom is 0.277 e. The summed E-state index contributed by atoms with van der Waals surface area (Å²) in [6.07, 6.45) is 0. The zero-order valence-electron chi connectivity index (χ0n) is 12.5. The van der Waals surface area contributed by atoms with Crippen LogP contribution in [0.15, 0.2) is 58.2 Å². The summed E-state index contributed by atoms with van der Waals surface area (Å²) in [7, 11) is 0. The molecule has 2 aromatic carbocycles. The minimum atomic E-state index is 0.278. The number of halogens is 1. The number of aromatic nitrogens is 2. The maximum absolute atomic E-state index is 5.63. The zero-order valence-corrected chi connectivity index (χ0v) is 15.5. The number of rotatable bonds is 6. The second-order valence-corrected chi connectivity index (χ2v) is 7.15. The third-order valence-corrected chi connectivity index (χ3v) is 4.72. The molecule has 0 spiro atoms. The van der Waals surface area contributed by atoms with Crippen molar-refractivity contribution < 1.29 is 9.15 Å². The predicted octanol–water partition coefficient (Wildman–Crippen LogP) is 4.85. The van der Waals surface area contributed by atoms with Crippen molar-refractivity contribution in [2.45, 2.75) is 24.5 Å². The fraction of sp³-hybridized carbons (Fsp3) is 0.176. The van der Waals surface area contributed by atoms with E-state index in [-0.39, 0.29) is 6.61 Å². The van der Waals surface area contributed by atoms with Crippen molar-refractivity contribution in [2.75, 3.05) is 0 Å². The van der Waals surface area contributed by atoms with E-state index in [1.54, 1.807) is 0 Å². The van der Waals surface area contributed by atoms with Crippen LogP contribution in [0.25, 0.3) is 0 Å². The van der Waals surface area contributed by atoms with Gasteiger partial charge in [0.1, 0.15) is 5.75 Å². The van der Waals surface area contributed by atoms with Gasteiger partial charge in [-0.3, -0.25) is 0 Å². The molecule has 0 fully saturated rings. The summed E-state index contributed by atoms with van der Waals surface area (Å²) in [5.41, 5.74) is 2.43. The van der Waals surface area contributed by atoms with Crippen molar-refractivity contribution in [2.24, 2.45) is 0 Å². The lowest BCUT2D eigenvalue weighted by Gasteiger charge is -2.02. The molecule has 6 heteroatoms. The summed E-state index contributed by atoms with van der Waals surface area (Å²) >= 11 is 3.82. The highest BCUT2D eigenvalue weighted by atomic mass is 127. The van der Waals surface area contributed by atoms with E-state index >= 15 is 0 Å². The number of aryl methyl sites for hydroxylation is 1. The van der Waals surface area contributed by atoms with Crippen LogP contribution in [0.3, 0.4) is 0 Å². The largest absolute Gasteiger partial charge is 0.484 e. The Balaban J connectivity index is 1.51. The van der Waals surface area contributed by atoms with Gasteiger partial charge >= 0.3 is 0 Å². The standard InChI is InChI=1S/C17H15IN2O2S/c1-12-2-8-15(9-3-12)21-10-16-19-20-17(22-16)23-11-13-4-6-14(18)7-5-13/h2-9H,10-11H2,1H3. The zero-order chi connectivity index (χ0) is 16.1. The van der Waals surface area contributed by atoms with Crippen molar-refractivity contribution in [1.29, 1.82) is 0 Å². The molecule has 23 heavy (non-hydrogen) atoms. The Morgan fingerprint density at radius 1 is 1.04 bits per heavy atom. The van der Waals surface area contributed by atoms with Crippen LogP contribution in [0.5, 0.6) is 5.75 Å². The molecule has 0 radical (unpaired) electrons. The molecule has 0 aliphatic rings. The fourth-order valence-corrected chi connectivity index (χ4v) is 2.96. The number of hydrogen-bond acceptors (Lipinski definition) is 5. The lowest BCUT2D eigenvalue weighted by Crippen LogP contribution is -1.95. The molecule has 0 amide bonds. The van der Waals surface area contributed by atoms with E-state index in [2.05, 4.69) is 57.1 Å². The van der Waals surface area contributed by atoms with Crippen molar-refractivity contribution in [3.05, 3.63) is 69.1 Å². The Morgan fingerprint density at radius 2 is 1.78 bits per heavy atom. The highest BCUT2D eigenvalue weighted by Gasteiger charge is 2.08. The molecule has 3 aromatic rings. The van der Waals surface area contributed by atoms with Crippen LogP contribution in [0.1, 0.15) is 17.0 Å². The molecule has 0 atom stereocenters. The summed E-state index contributed by atoms with van der Waals surface area (Å²) in [5.74, 6) is 2.08. The molecule has 0 N–H and O–H groups in total. The molecule has 3 rings (SSSR count). The Hall–Kier alpha value is -1.54. The first-order valence-corrected chi connectivity index (χ1v) is 9.14. The second-order valence-electron chi connectivity index (χ2n) is 4.98. The van der Waals surface area contributed by atoms with Crippen LogP contribution in [-0.2, 0) is 12.4 Å². The smallest absolute Gasteiger partial charge is 0.277 e. The van der Waals surface area contributed by atoms with Gasteiger partial charge < -0.3 is 9.15 Å². The van der Waals surface area contributed by atoms with Gasteiger partial charge in [0.25, 0.3) is 11.1 Å². The number of hydrogen-bond donors (Lipinski definition) is 0. The van der Waals surface area contributed by atoms with E-state index < -0.39 is 0 Å². The summed E-state index contributed by atoms with van der Waals surface area (Å²) in [5, 5.41) is 8.61. The Bertz CT molecular complexity index is 693. The Labute approximate surface area is 152 Å². The van der Waals surface area contributed by atoms with Crippen LogP contribution in [0, 0.1) is 10.5 Å². The molecule has 1 heterocycles. The molecule has 0 saturated carbocycles. The summed E-state index contributed by atoms with van der Waals surface area (Å²) < 4.78 is 12.4. The van der Waals surface area contributed by atoms with Gasteiger partial charge in [-0.1, -0.05) is 41.6 Å². The molecule has 1 aromatic heterocycles. The van der Waals surface area contributed by atoms with E-state index in [4.69, 9.17) is 9.15 Å². The van der Waals surface area contributed by atoms with Crippen molar-refractivity contribution in [3.8, 4) is 5.75 Å². The average Bonchev–Trinajstić information content (AvgIpc) is 3.02. The van der Waals surface area contributed by atoms with Gasteiger partial charge in [0.05, 0.1) is 0 Å². The van der Waals surface area contributed by atoms with Crippen molar-refractivity contribution in [3.63, 3.8) is 0 Å². The molecule has 0 bridgehead atoms. The first-order chi connectivity index (χ1) is 11.2. The Kier molecular flexibility index (Phi) is 5.56. The van der Waals surface area contributed by atoms with E-state index in [1.807, 2.05) is 31.2 Å². The lowest BCUT2D eigenvalue weighted by atomic mass is 10.2. The number of nitrogens with zero attached hydrogens (tertiary/aromatic N) is 2. The normalized spacial score (nSPS) is 10.7. The molecule has 0 aliphatic heterocycles. The first kappa shape index (κ1) is 16.3. The molecular weight excluding hydrogens is 423 g/mol. The predicted molar refractivity (Wildman–Crippen MR) is 98.5 cm³/mol. The van der Waals surface area contributed by atoms with Gasteiger partial charge in [0.2, 0.25) is 0 Å². The van der Waals surface area contributed by atoms with Crippen LogP contribution in [0.2, 0.25) is 0 Å². The molecule has 0 saturated heterocycles. The van der Waals surface area contributed by atoms with Gasteiger partial charge in [-0.2, -0.15) is 0 Å². The number of benzene rings is 2. The highest BCUT2D eigenvalue weighted by Crippen LogP contribution is 2.22. The minimum Gasteiger partial charge on any atom is -0.484 e. The molecule has 0 aliphatic carbocycles. The van der Waals surface area contributed by atoms with Gasteiger partial charge in [0.15, 0.2) is 6.61 Å². The molecule has 4 nitrogen and oxygen atoms in total. The third-order valence-electron chi connectivity index (χ3n) is 3.11. The van der Waals surface area contributed by atoms with Gasteiger partial charge in [0, 0.05) is 9.32 Å². The van der Waals surface area contributed by atoms with E-state index in [9.17, 15) is 0 Å². The van der Waals surface area contributed by atoms with E-state index in [0.717, 1.165) is 11.5 Å². The summed E-state index contributed by atoms with van der Waals surface area (Å²) in [6.45, 7) is 2.32. The molecule has 118 valence electrons. The molecular formula is C17H15IN2O2S. The summed E-state index contributed by atoms with van der Waals surface area (Å²) in [4.78, 5) is 0. The van der Waals surface area contributed by atoms with Crippen molar-refractivity contribution >= 4 is 34.4 Å². The fourth-order valence-electron chi connectivity index (χ4n) is 1.86. The van der Waals surface area contributed by atoms with E-state index in [1.165, 1.54) is 26.5 Å². The van der Waals surface area contributed by atoms with Crippen LogP contribution in [0.4, 0.5) is 0 Å². The quantitative estimate of drug-likeness (QED) is 0.407. The number of ether oxygens (including phenoxy) is 1. The van der Waals surface area contributed by atoms with E-state index in [0.29, 0.717) is 11.1 Å².